The fourth-order valence-electron chi connectivity index (χ4n) is 6.67. The van der Waals surface area contributed by atoms with Crippen LogP contribution in [-0.4, -0.2) is 58.2 Å². The number of rotatable bonds is 3. The van der Waals surface area contributed by atoms with Crippen LogP contribution in [0.3, 0.4) is 0 Å². The predicted molar refractivity (Wildman–Crippen MR) is 109 cm³/mol. The molecule has 4 fully saturated rings. The standard InChI is InChI=1S/C23H28N4O3/c28-20-8-7-19(22(29)25-20)27-12-14-10-13(3-4-15(14)23(27)30)11-26-9-1-2-16-17-5-6-18(24-17)21(16)26/h3-4,10,16-19,21,24H,1-2,5-9,11-12H2,(H,25,28,29). The Morgan fingerprint density at radius 3 is 2.77 bits per heavy atom. The van der Waals surface area contributed by atoms with E-state index in [1.807, 2.05) is 6.07 Å². The van der Waals surface area contributed by atoms with E-state index in [1.54, 1.807) is 4.90 Å². The molecular formula is C23H28N4O3. The van der Waals surface area contributed by atoms with E-state index in [1.165, 1.54) is 31.2 Å². The van der Waals surface area contributed by atoms with E-state index in [0.29, 0.717) is 36.7 Å². The predicted octanol–water partition coefficient (Wildman–Crippen LogP) is 1.16. The van der Waals surface area contributed by atoms with Gasteiger partial charge in [-0.3, -0.25) is 24.6 Å². The molecule has 0 saturated carbocycles. The van der Waals surface area contributed by atoms with E-state index in [4.69, 9.17) is 0 Å². The second kappa shape index (κ2) is 6.89. The first-order chi connectivity index (χ1) is 14.6. The molecule has 7 heteroatoms. The van der Waals surface area contributed by atoms with Gasteiger partial charge in [-0.2, -0.15) is 0 Å². The van der Waals surface area contributed by atoms with Gasteiger partial charge in [0.15, 0.2) is 0 Å². The molecule has 7 nitrogen and oxygen atoms in total. The van der Waals surface area contributed by atoms with E-state index in [9.17, 15) is 14.4 Å². The van der Waals surface area contributed by atoms with Gasteiger partial charge >= 0.3 is 0 Å². The summed E-state index contributed by atoms with van der Waals surface area (Å²) in [5.74, 6) is 0.0892. The van der Waals surface area contributed by atoms with Crippen LogP contribution >= 0.6 is 0 Å². The van der Waals surface area contributed by atoms with Crippen molar-refractivity contribution in [3.8, 4) is 0 Å². The molecule has 30 heavy (non-hydrogen) atoms. The summed E-state index contributed by atoms with van der Waals surface area (Å²) in [4.78, 5) is 40.9. The lowest BCUT2D eigenvalue weighted by atomic mass is 9.78. The van der Waals surface area contributed by atoms with Crippen molar-refractivity contribution in [1.82, 2.24) is 20.4 Å². The molecule has 5 heterocycles. The largest absolute Gasteiger partial charge is 0.322 e. The topological polar surface area (TPSA) is 81.8 Å². The molecule has 5 aliphatic heterocycles. The Morgan fingerprint density at radius 2 is 1.90 bits per heavy atom. The van der Waals surface area contributed by atoms with Crippen molar-refractivity contribution in [3.05, 3.63) is 34.9 Å². The average Bonchev–Trinajstić information content (AvgIpc) is 3.43. The Kier molecular flexibility index (Phi) is 4.25. The number of nitrogens with zero attached hydrogens (tertiary/aromatic N) is 2. The van der Waals surface area contributed by atoms with Crippen molar-refractivity contribution >= 4 is 17.7 Å². The minimum Gasteiger partial charge on any atom is -0.322 e. The summed E-state index contributed by atoms with van der Waals surface area (Å²) in [5, 5.41) is 6.20. The van der Waals surface area contributed by atoms with Gasteiger partial charge in [-0.25, -0.2) is 0 Å². The molecule has 2 N–H and O–H groups in total. The van der Waals surface area contributed by atoms with Crippen molar-refractivity contribution in [2.45, 2.75) is 75.8 Å². The third-order valence-corrected chi connectivity index (χ3v) is 7.96. The number of hydrogen-bond acceptors (Lipinski definition) is 5. The summed E-state index contributed by atoms with van der Waals surface area (Å²) >= 11 is 0. The smallest absolute Gasteiger partial charge is 0.255 e. The number of amides is 3. The third-order valence-electron chi connectivity index (χ3n) is 7.96. The molecule has 6 rings (SSSR count). The minimum absolute atomic E-state index is 0.0959. The van der Waals surface area contributed by atoms with Gasteiger partial charge in [0.25, 0.3) is 5.91 Å². The maximum atomic E-state index is 12.9. The molecule has 0 aliphatic carbocycles. The van der Waals surface area contributed by atoms with Crippen LogP contribution in [0.1, 0.15) is 60.0 Å². The minimum atomic E-state index is -0.547. The number of piperidine rings is 2. The van der Waals surface area contributed by atoms with Crippen molar-refractivity contribution < 1.29 is 14.4 Å². The van der Waals surface area contributed by atoms with E-state index >= 15 is 0 Å². The first kappa shape index (κ1) is 18.5. The Morgan fingerprint density at radius 1 is 1.03 bits per heavy atom. The van der Waals surface area contributed by atoms with Crippen LogP contribution in [0.25, 0.3) is 0 Å². The van der Waals surface area contributed by atoms with Crippen molar-refractivity contribution in [2.24, 2.45) is 5.92 Å². The first-order valence-electron chi connectivity index (χ1n) is 11.3. The van der Waals surface area contributed by atoms with Crippen molar-refractivity contribution in [2.75, 3.05) is 6.54 Å². The highest BCUT2D eigenvalue weighted by atomic mass is 16.2. The summed E-state index contributed by atoms with van der Waals surface area (Å²) in [6.45, 7) is 2.52. The van der Waals surface area contributed by atoms with Crippen LogP contribution in [0, 0.1) is 5.92 Å². The molecule has 5 atom stereocenters. The quantitative estimate of drug-likeness (QED) is 0.734. The second-order valence-corrected chi connectivity index (χ2v) is 9.62. The Bertz CT molecular complexity index is 931. The number of likely N-dealkylation sites (tertiary alicyclic amines) is 1. The van der Waals surface area contributed by atoms with Crippen LogP contribution in [0.4, 0.5) is 0 Å². The van der Waals surface area contributed by atoms with E-state index in [-0.39, 0.29) is 24.1 Å². The van der Waals surface area contributed by atoms with Crippen LogP contribution < -0.4 is 10.6 Å². The van der Waals surface area contributed by atoms with E-state index in [0.717, 1.165) is 24.6 Å². The maximum Gasteiger partial charge on any atom is 0.255 e. The summed E-state index contributed by atoms with van der Waals surface area (Å²) < 4.78 is 0. The molecule has 0 aromatic heterocycles. The molecule has 0 spiro atoms. The van der Waals surface area contributed by atoms with Gasteiger partial charge in [-0.1, -0.05) is 12.1 Å². The lowest BCUT2D eigenvalue weighted by Crippen LogP contribution is -2.52. The zero-order valence-electron chi connectivity index (χ0n) is 17.1. The molecule has 1 aromatic rings. The SMILES string of the molecule is O=C1CCC(N2Cc3cc(CN4CCCC5C6CCC(N6)C54)ccc3C2=O)C(=O)N1. The molecule has 158 valence electrons. The number of imide groups is 1. The molecule has 2 bridgehead atoms. The number of nitrogens with one attached hydrogen (secondary N) is 2. The zero-order chi connectivity index (χ0) is 20.4. The lowest BCUT2D eigenvalue weighted by molar-refractivity contribution is -0.136. The molecule has 0 radical (unpaired) electrons. The summed E-state index contributed by atoms with van der Waals surface area (Å²) in [6.07, 6.45) is 5.92. The van der Waals surface area contributed by atoms with Gasteiger partial charge < -0.3 is 10.2 Å². The van der Waals surface area contributed by atoms with Crippen molar-refractivity contribution in [1.29, 1.82) is 0 Å². The number of carbonyl (C=O) groups is 3. The van der Waals surface area contributed by atoms with Crippen LogP contribution in [0.5, 0.6) is 0 Å². The average molecular weight is 409 g/mol. The zero-order valence-corrected chi connectivity index (χ0v) is 17.1. The number of hydrogen-bond donors (Lipinski definition) is 2. The fourth-order valence-corrected chi connectivity index (χ4v) is 6.67. The monoisotopic (exact) mass is 408 g/mol. The fraction of sp³-hybridized carbons (Fsp3) is 0.609. The normalized spacial score (nSPS) is 35.5. The maximum absolute atomic E-state index is 12.9. The van der Waals surface area contributed by atoms with E-state index < -0.39 is 6.04 Å². The van der Waals surface area contributed by atoms with Crippen molar-refractivity contribution in [3.63, 3.8) is 0 Å². The van der Waals surface area contributed by atoms with Gasteiger partial charge in [0.2, 0.25) is 11.8 Å². The highest BCUT2D eigenvalue weighted by molar-refractivity contribution is 6.05. The Labute approximate surface area is 176 Å². The summed E-state index contributed by atoms with van der Waals surface area (Å²) in [7, 11) is 0. The third kappa shape index (κ3) is 2.82. The van der Waals surface area contributed by atoms with Gasteiger partial charge in [-0.05, 0) is 61.8 Å². The van der Waals surface area contributed by atoms with E-state index in [2.05, 4.69) is 27.7 Å². The Hall–Kier alpha value is -2.25. The summed E-state index contributed by atoms with van der Waals surface area (Å²) in [5.41, 5.74) is 2.94. The number of benzene rings is 1. The molecule has 4 saturated heterocycles. The molecule has 5 aliphatic rings. The first-order valence-corrected chi connectivity index (χ1v) is 11.3. The van der Waals surface area contributed by atoms with Gasteiger partial charge in [0.05, 0.1) is 0 Å². The molecule has 1 aromatic carbocycles. The van der Waals surface area contributed by atoms with Gasteiger partial charge in [-0.15, -0.1) is 0 Å². The molecule has 5 unspecified atom stereocenters. The highest BCUT2D eigenvalue weighted by Crippen LogP contribution is 2.42. The number of carbonyl (C=O) groups excluding carboxylic acids is 3. The van der Waals surface area contributed by atoms with Gasteiger partial charge in [0.1, 0.15) is 6.04 Å². The lowest BCUT2D eigenvalue weighted by Gasteiger charge is -2.43. The molecular weight excluding hydrogens is 380 g/mol. The van der Waals surface area contributed by atoms with Crippen LogP contribution in [0.15, 0.2) is 18.2 Å². The molecule has 3 amide bonds. The second-order valence-electron chi connectivity index (χ2n) is 9.62. The van der Waals surface area contributed by atoms with Gasteiger partial charge in [0, 0.05) is 43.2 Å². The van der Waals surface area contributed by atoms with Crippen LogP contribution in [0.2, 0.25) is 0 Å². The highest BCUT2D eigenvalue weighted by Gasteiger charge is 2.50. The Balaban J connectivity index is 1.19. The number of fused-ring (bicyclic) bond motifs is 6. The summed E-state index contributed by atoms with van der Waals surface area (Å²) in [6, 6.07) is 7.61. The van der Waals surface area contributed by atoms with Crippen LogP contribution in [-0.2, 0) is 22.7 Å².